The summed E-state index contributed by atoms with van der Waals surface area (Å²) in [6, 6.07) is 0.708. The highest BCUT2D eigenvalue weighted by Crippen LogP contribution is 2.29. The monoisotopic (exact) mass is 343 g/mol. The lowest BCUT2D eigenvalue weighted by molar-refractivity contribution is -0.134. The van der Waals surface area contributed by atoms with E-state index in [-0.39, 0.29) is 36.2 Å². The summed E-state index contributed by atoms with van der Waals surface area (Å²) in [6.07, 6.45) is 8.09. The highest BCUT2D eigenvalue weighted by molar-refractivity contribution is 5.85. The molecule has 1 aliphatic carbocycles. The molecule has 1 saturated carbocycles. The summed E-state index contributed by atoms with van der Waals surface area (Å²) in [5, 5.41) is 6.48. The maximum Gasteiger partial charge on any atom is 0.225 e. The highest BCUT2D eigenvalue weighted by atomic mass is 35.5. The third-order valence-electron chi connectivity index (χ3n) is 5.54. The van der Waals surface area contributed by atoms with Crippen LogP contribution in [0.15, 0.2) is 0 Å². The van der Waals surface area contributed by atoms with Crippen LogP contribution in [0.4, 0.5) is 0 Å². The summed E-state index contributed by atoms with van der Waals surface area (Å²) < 4.78 is 0. The molecule has 132 valence electrons. The second kappa shape index (κ2) is 8.34. The first-order valence-corrected chi connectivity index (χ1v) is 8.97. The lowest BCUT2D eigenvalue weighted by Gasteiger charge is -2.29. The van der Waals surface area contributed by atoms with Crippen LogP contribution < -0.4 is 10.6 Å². The SMILES string of the molecule is CC(CC(=O)N1C2CCNCC1CC2)NC(=O)C1CCCC1.Cl. The van der Waals surface area contributed by atoms with Gasteiger partial charge in [-0.1, -0.05) is 12.8 Å². The van der Waals surface area contributed by atoms with E-state index in [0.29, 0.717) is 18.5 Å². The van der Waals surface area contributed by atoms with Crippen LogP contribution in [0.5, 0.6) is 0 Å². The molecule has 3 rings (SSSR count). The van der Waals surface area contributed by atoms with Gasteiger partial charge in [0.15, 0.2) is 0 Å². The Bertz CT molecular complexity index is 412. The van der Waals surface area contributed by atoms with E-state index in [0.717, 1.165) is 58.0 Å². The predicted molar refractivity (Wildman–Crippen MR) is 92.6 cm³/mol. The van der Waals surface area contributed by atoms with Crippen molar-refractivity contribution in [2.24, 2.45) is 5.92 Å². The maximum absolute atomic E-state index is 12.7. The lowest BCUT2D eigenvalue weighted by atomic mass is 10.1. The van der Waals surface area contributed by atoms with Crippen molar-refractivity contribution in [2.45, 2.75) is 76.4 Å². The highest BCUT2D eigenvalue weighted by Gasteiger charge is 2.38. The fourth-order valence-corrected chi connectivity index (χ4v) is 4.36. The normalized spacial score (nSPS) is 28.8. The van der Waals surface area contributed by atoms with Crippen LogP contribution in [0.1, 0.15) is 58.3 Å². The molecule has 3 atom stereocenters. The molecule has 0 radical (unpaired) electrons. The minimum atomic E-state index is -0.0591. The summed E-state index contributed by atoms with van der Waals surface area (Å²) in [5.41, 5.74) is 0. The number of carbonyl (C=O) groups is 2. The van der Waals surface area contributed by atoms with Crippen molar-refractivity contribution in [3.63, 3.8) is 0 Å². The summed E-state index contributed by atoms with van der Waals surface area (Å²) in [4.78, 5) is 26.9. The zero-order chi connectivity index (χ0) is 15.5. The third kappa shape index (κ3) is 4.38. The van der Waals surface area contributed by atoms with Crippen LogP contribution in [0, 0.1) is 5.92 Å². The Morgan fingerprint density at radius 1 is 1.13 bits per heavy atom. The van der Waals surface area contributed by atoms with Crippen molar-refractivity contribution in [2.75, 3.05) is 13.1 Å². The zero-order valence-electron chi connectivity index (χ0n) is 14.1. The van der Waals surface area contributed by atoms with Crippen molar-refractivity contribution in [1.29, 1.82) is 0 Å². The molecule has 3 aliphatic rings. The van der Waals surface area contributed by atoms with Gasteiger partial charge >= 0.3 is 0 Å². The Hall–Kier alpha value is -0.810. The number of fused-ring (bicyclic) bond motifs is 2. The van der Waals surface area contributed by atoms with Crippen LogP contribution in [0.25, 0.3) is 0 Å². The van der Waals surface area contributed by atoms with Crippen molar-refractivity contribution in [3.8, 4) is 0 Å². The summed E-state index contributed by atoms with van der Waals surface area (Å²) in [6.45, 7) is 3.90. The van der Waals surface area contributed by atoms with Gasteiger partial charge in [-0.25, -0.2) is 0 Å². The van der Waals surface area contributed by atoms with Gasteiger partial charge in [-0.05, 0) is 45.6 Å². The average molecular weight is 344 g/mol. The molecular formula is C17H30ClN3O2. The van der Waals surface area contributed by atoms with Crippen LogP contribution in [0.2, 0.25) is 0 Å². The van der Waals surface area contributed by atoms with E-state index in [2.05, 4.69) is 15.5 Å². The minimum Gasteiger partial charge on any atom is -0.353 e. The minimum absolute atomic E-state index is 0. The molecule has 2 amide bonds. The molecule has 23 heavy (non-hydrogen) atoms. The van der Waals surface area contributed by atoms with Gasteiger partial charge in [0.1, 0.15) is 0 Å². The smallest absolute Gasteiger partial charge is 0.225 e. The third-order valence-corrected chi connectivity index (χ3v) is 5.54. The van der Waals surface area contributed by atoms with Gasteiger partial charge in [-0.2, -0.15) is 0 Å². The van der Waals surface area contributed by atoms with E-state index in [1.807, 2.05) is 6.92 Å². The van der Waals surface area contributed by atoms with E-state index in [1.165, 1.54) is 0 Å². The van der Waals surface area contributed by atoms with Crippen LogP contribution in [0.3, 0.4) is 0 Å². The average Bonchev–Trinajstić information content (AvgIpc) is 3.05. The van der Waals surface area contributed by atoms with E-state index in [4.69, 9.17) is 0 Å². The van der Waals surface area contributed by atoms with E-state index < -0.39 is 0 Å². The number of hydrogen-bond acceptors (Lipinski definition) is 3. The van der Waals surface area contributed by atoms with Crippen LogP contribution in [-0.2, 0) is 9.59 Å². The van der Waals surface area contributed by atoms with Crippen molar-refractivity contribution in [3.05, 3.63) is 0 Å². The number of nitrogens with zero attached hydrogens (tertiary/aromatic N) is 1. The number of halogens is 1. The predicted octanol–water partition coefficient (Wildman–Crippen LogP) is 1.85. The maximum atomic E-state index is 12.7. The molecule has 5 nitrogen and oxygen atoms in total. The van der Waals surface area contributed by atoms with Crippen molar-refractivity contribution >= 4 is 24.2 Å². The fraction of sp³-hybridized carbons (Fsp3) is 0.882. The molecule has 0 aromatic carbocycles. The molecule has 2 aliphatic heterocycles. The Labute approximate surface area is 145 Å². The van der Waals surface area contributed by atoms with Gasteiger partial charge in [0.05, 0.1) is 0 Å². The first-order valence-electron chi connectivity index (χ1n) is 8.97. The zero-order valence-corrected chi connectivity index (χ0v) is 14.9. The number of amides is 2. The molecule has 0 aromatic heterocycles. The van der Waals surface area contributed by atoms with Gasteiger partial charge in [-0.15, -0.1) is 12.4 Å². The number of carbonyl (C=O) groups excluding carboxylic acids is 2. The molecule has 2 bridgehead atoms. The molecule has 0 aromatic rings. The van der Waals surface area contributed by atoms with E-state index in [9.17, 15) is 9.59 Å². The number of rotatable bonds is 4. The fourth-order valence-electron chi connectivity index (χ4n) is 4.36. The van der Waals surface area contributed by atoms with Gasteiger partial charge in [-0.3, -0.25) is 9.59 Å². The van der Waals surface area contributed by atoms with E-state index in [1.54, 1.807) is 0 Å². The molecule has 0 spiro atoms. The molecule has 2 saturated heterocycles. The van der Waals surface area contributed by atoms with Gasteiger partial charge in [0.25, 0.3) is 0 Å². The quantitative estimate of drug-likeness (QED) is 0.819. The lowest BCUT2D eigenvalue weighted by Crippen LogP contribution is -2.46. The molecule has 2 N–H and O–H groups in total. The number of hydrogen-bond donors (Lipinski definition) is 2. The topological polar surface area (TPSA) is 61.4 Å². The second-order valence-electron chi connectivity index (χ2n) is 7.27. The van der Waals surface area contributed by atoms with E-state index >= 15 is 0 Å². The summed E-state index contributed by atoms with van der Waals surface area (Å²) in [7, 11) is 0. The largest absolute Gasteiger partial charge is 0.353 e. The summed E-state index contributed by atoms with van der Waals surface area (Å²) >= 11 is 0. The van der Waals surface area contributed by atoms with Crippen LogP contribution >= 0.6 is 12.4 Å². The molecule has 3 unspecified atom stereocenters. The Morgan fingerprint density at radius 3 is 2.57 bits per heavy atom. The van der Waals surface area contributed by atoms with Crippen molar-refractivity contribution < 1.29 is 9.59 Å². The Kier molecular flexibility index (Phi) is 6.72. The Balaban J connectivity index is 0.00000192. The van der Waals surface area contributed by atoms with Crippen LogP contribution in [-0.4, -0.2) is 47.9 Å². The Morgan fingerprint density at radius 2 is 1.83 bits per heavy atom. The number of nitrogens with one attached hydrogen (secondary N) is 2. The van der Waals surface area contributed by atoms with Gasteiger partial charge < -0.3 is 15.5 Å². The van der Waals surface area contributed by atoms with Gasteiger partial charge in [0.2, 0.25) is 11.8 Å². The van der Waals surface area contributed by atoms with Crippen molar-refractivity contribution in [1.82, 2.24) is 15.5 Å². The molecule has 2 heterocycles. The summed E-state index contributed by atoms with van der Waals surface area (Å²) in [5.74, 6) is 0.546. The standard InChI is InChI=1S/C17H29N3O2.ClH/c1-12(19-17(22)13-4-2-3-5-13)10-16(21)20-14-6-7-15(20)11-18-9-8-14;/h12-15,18H,2-11H2,1H3,(H,19,22);1H. The first kappa shape index (κ1) is 18.5. The van der Waals surface area contributed by atoms with Gasteiger partial charge in [0, 0.05) is 37.0 Å². The molecule has 3 fully saturated rings. The second-order valence-corrected chi connectivity index (χ2v) is 7.27. The first-order chi connectivity index (χ1) is 10.6. The molecular weight excluding hydrogens is 314 g/mol. The molecule has 6 heteroatoms.